The minimum absolute atomic E-state index is 0.127. The van der Waals surface area contributed by atoms with Gasteiger partial charge in [-0.05, 0) is 31.7 Å². The van der Waals surface area contributed by atoms with Gasteiger partial charge >= 0.3 is 0 Å². The number of nitrogens with zero attached hydrogens (tertiary/aromatic N) is 1. The molecule has 4 heteroatoms. The van der Waals surface area contributed by atoms with E-state index in [9.17, 15) is 4.79 Å². The summed E-state index contributed by atoms with van der Waals surface area (Å²) in [5.74, 6) is 1.07. The Labute approximate surface area is 110 Å². The van der Waals surface area contributed by atoms with E-state index in [1.165, 1.54) is 6.42 Å². The van der Waals surface area contributed by atoms with Crippen LogP contribution in [0.15, 0.2) is 0 Å². The number of rotatable bonds is 4. The number of piperidine rings is 1. The van der Waals surface area contributed by atoms with Gasteiger partial charge in [-0.2, -0.15) is 0 Å². The highest BCUT2D eigenvalue weighted by Gasteiger charge is 2.30. The lowest BCUT2D eigenvalue weighted by Gasteiger charge is -2.34. The topological polar surface area (TPSA) is 41.6 Å². The van der Waals surface area contributed by atoms with Crippen LogP contribution in [-0.2, 0) is 9.53 Å². The molecular weight excluding hydrogens is 228 g/mol. The van der Waals surface area contributed by atoms with Gasteiger partial charge in [0.1, 0.15) is 0 Å². The fraction of sp³-hybridized carbons (Fsp3) is 0.929. The van der Waals surface area contributed by atoms with Crippen LogP contribution >= 0.6 is 0 Å². The molecule has 0 bridgehead atoms. The predicted molar refractivity (Wildman–Crippen MR) is 71.4 cm³/mol. The SMILES string of the molecule is CC(C)NCC1CCCN(C(=O)C2CCOC2)C1. The maximum Gasteiger partial charge on any atom is 0.228 e. The Morgan fingerprint density at radius 3 is 2.94 bits per heavy atom. The molecule has 0 aliphatic carbocycles. The van der Waals surface area contributed by atoms with Gasteiger partial charge in [-0.15, -0.1) is 0 Å². The monoisotopic (exact) mass is 254 g/mol. The first-order valence-corrected chi connectivity index (χ1v) is 7.26. The van der Waals surface area contributed by atoms with Crippen LogP contribution < -0.4 is 5.32 Å². The highest BCUT2D eigenvalue weighted by molar-refractivity contribution is 5.79. The number of carbonyl (C=O) groups excluding carboxylic acids is 1. The van der Waals surface area contributed by atoms with Crippen molar-refractivity contribution < 1.29 is 9.53 Å². The van der Waals surface area contributed by atoms with Gasteiger partial charge in [0.15, 0.2) is 0 Å². The van der Waals surface area contributed by atoms with Gasteiger partial charge in [0.2, 0.25) is 5.91 Å². The van der Waals surface area contributed by atoms with E-state index in [1.807, 2.05) is 0 Å². The molecule has 0 spiro atoms. The van der Waals surface area contributed by atoms with E-state index in [2.05, 4.69) is 24.1 Å². The van der Waals surface area contributed by atoms with Crippen molar-refractivity contribution in [1.29, 1.82) is 0 Å². The maximum absolute atomic E-state index is 12.3. The minimum Gasteiger partial charge on any atom is -0.381 e. The molecule has 4 nitrogen and oxygen atoms in total. The van der Waals surface area contributed by atoms with Crippen molar-refractivity contribution >= 4 is 5.91 Å². The summed E-state index contributed by atoms with van der Waals surface area (Å²) in [6.07, 6.45) is 3.29. The van der Waals surface area contributed by atoms with Crippen molar-refractivity contribution in [3.63, 3.8) is 0 Å². The molecular formula is C14H26N2O2. The molecule has 1 N–H and O–H groups in total. The van der Waals surface area contributed by atoms with E-state index in [0.717, 1.165) is 39.1 Å². The first kappa shape index (κ1) is 13.8. The fourth-order valence-electron chi connectivity index (χ4n) is 2.82. The molecule has 2 unspecified atom stereocenters. The van der Waals surface area contributed by atoms with Gasteiger partial charge in [-0.25, -0.2) is 0 Å². The van der Waals surface area contributed by atoms with E-state index >= 15 is 0 Å². The van der Waals surface area contributed by atoms with Crippen LogP contribution in [0, 0.1) is 11.8 Å². The van der Waals surface area contributed by atoms with E-state index in [1.54, 1.807) is 0 Å². The van der Waals surface area contributed by atoms with Crippen LogP contribution in [0.1, 0.15) is 33.1 Å². The summed E-state index contributed by atoms with van der Waals surface area (Å²) in [5.41, 5.74) is 0. The van der Waals surface area contributed by atoms with Crippen molar-refractivity contribution in [3.8, 4) is 0 Å². The Hall–Kier alpha value is -0.610. The molecule has 0 radical (unpaired) electrons. The summed E-state index contributed by atoms with van der Waals surface area (Å²) in [4.78, 5) is 14.4. The lowest BCUT2D eigenvalue weighted by Crippen LogP contribution is -2.46. The molecule has 0 aromatic heterocycles. The minimum atomic E-state index is 0.127. The Bertz CT molecular complexity index is 275. The van der Waals surface area contributed by atoms with Crippen molar-refractivity contribution in [2.24, 2.45) is 11.8 Å². The van der Waals surface area contributed by atoms with Crippen molar-refractivity contribution in [2.75, 3.05) is 32.8 Å². The molecule has 2 aliphatic rings. The van der Waals surface area contributed by atoms with Crippen molar-refractivity contribution in [3.05, 3.63) is 0 Å². The highest BCUT2D eigenvalue weighted by Crippen LogP contribution is 2.21. The van der Waals surface area contributed by atoms with Crippen LogP contribution in [-0.4, -0.2) is 49.7 Å². The van der Waals surface area contributed by atoms with Crippen LogP contribution in [0.2, 0.25) is 0 Å². The summed E-state index contributed by atoms with van der Waals surface area (Å²) in [6, 6.07) is 0.527. The van der Waals surface area contributed by atoms with Crippen LogP contribution in [0.25, 0.3) is 0 Å². The third kappa shape index (κ3) is 3.69. The Balaban J connectivity index is 1.80. The average molecular weight is 254 g/mol. The number of likely N-dealkylation sites (tertiary alicyclic amines) is 1. The van der Waals surface area contributed by atoms with Gasteiger partial charge in [0.25, 0.3) is 0 Å². The van der Waals surface area contributed by atoms with E-state index in [-0.39, 0.29) is 5.92 Å². The smallest absolute Gasteiger partial charge is 0.228 e. The first-order chi connectivity index (χ1) is 8.66. The summed E-state index contributed by atoms with van der Waals surface area (Å²) < 4.78 is 5.31. The van der Waals surface area contributed by atoms with Gasteiger partial charge in [0.05, 0.1) is 12.5 Å². The second-order valence-electron chi connectivity index (χ2n) is 5.92. The second-order valence-corrected chi connectivity index (χ2v) is 5.92. The number of carbonyl (C=O) groups is 1. The molecule has 2 rings (SSSR count). The largest absolute Gasteiger partial charge is 0.381 e. The van der Waals surface area contributed by atoms with Crippen LogP contribution in [0.3, 0.4) is 0 Å². The van der Waals surface area contributed by atoms with Crippen LogP contribution in [0.5, 0.6) is 0 Å². The van der Waals surface area contributed by atoms with Gasteiger partial charge in [-0.1, -0.05) is 13.8 Å². The Kier molecular flexibility index (Phi) is 5.01. The quantitative estimate of drug-likeness (QED) is 0.821. The predicted octanol–water partition coefficient (Wildman–Crippen LogP) is 1.26. The number of amides is 1. The molecule has 2 fully saturated rings. The third-order valence-corrected chi connectivity index (χ3v) is 3.92. The van der Waals surface area contributed by atoms with Crippen molar-refractivity contribution in [2.45, 2.75) is 39.2 Å². The highest BCUT2D eigenvalue weighted by atomic mass is 16.5. The van der Waals surface area contributed by atoms with Gasteiger partial charge < -0.3 is 15.0 Å². The molecule has 2 saturated heterocycles. The molecule has 104 valence electrons. The molecule has 2 atom stereocenters. The lowest BCUT2D eigenvalue weighted by atomic mass is 9.96. The normalized spacial score (nSPS) is 28.9. The summed E-state index contributed by atoms with van der Waals surface area (Å²) >= 11 is 0. The summed E-state index contributed by atoms with van der Waals surface area (Å²) in [5, 5.41) is 3.48. The zero-order valence-electron chi connectivity index (χ0n) is 11.7. The molecule has 0 aromatic carbocycles. The van der Waals surface area contributed by atoms with E-state index < -0.39 is 0 Å². The molecule has 18 heavy (non-hydrogen) atoms. The van der Waals surface area contributed by atoms with Gasteiger partial charge in [-0.3, -0.25) is 4.79 Å². The summed E-state index contributed by atoms with van der Waals surface area (Å²) in [7, 11) is 0. The molecule has 2 aliphatic heterocycles. The molecule has 2 heterocycles. The summed E-state index contributed by atoms with van der Waals surface area (Å²) in [6.45, 7) is 8.61. The second kappa shape index (κ2) is 6.53. The number of hydrogen-bond donors (Lipinski definition) is 1. The van der Waals surface area contributed by atoms with Crippen molar-refractivity contribution in [1.82, 2.24) is 10.2 Å². The van der Waals surface area contributed by atoms with E-state index in [0.29, 0.717) is 24.5 Å². The first-order valence-electron chi connectivity index (χ1n) is 7.26. The Morgan fingerprint density at radius 2 is 2.28 bits per heavy atom. The standard InChI is InChI=1S/C14H26N2O2/c1-11(2)15-8-12-4-3-6-16(9-12)14(17)13-5-7-18-10-13/h11-13,15H,3-10H2,1-2H3. The molecule has 0 saturated carbocycles. The van der Waals surface area contributed by atoms with E-state index in [4.69, 9.17) is 4.74 Å². The number of nitrogens with one attached hydrogen (secondary N) is 1. The number of hydrogen-bond acceptors (Lipinski definition) is 3. The average Bonchev–Trinajstić information content (AvgIpc) is 2.89. The fourth-order valence-corrected chi connectivity index (χ4v) is 2.82. The zero-order chi connectivity index (χ0) is 13.0. The lowest BCUT2D eigenvalue weighted by molar-refractivity contribution is -0.137. The third-order valence-electron chi connectivity index (χ3n) is 3.92. The Morgan fingerprint density at radius 1 is 1.44 bits per heavy atom. The molecule has 0 aromatic rings. The maximum atomic E-state index is 12.3. The molecule has 1 amide bonds. The van der Waals surface area contributed by atoms with Crippen LogP contribution in [0.4, 0.5) is 0 Å². The number of ether oxygens (including phenoxy) is 1. The zero-order valence-corrected chi connectivity index (χ0v) is 11.7. The van der Waals surface area contributed by atoms with Gasteiger partial charge in [0, 0.05) is 25.7 Å².